The van der Waals surface area contributed by atoms with Gasteiger partial charge in [0.25, 0.3) is 5.91 Å². The van der Waals surface area contributed by atoms with E-state index in [1.807, 2.05) is 57.1 Å². The predicted molar refractivity (Wildman–Crippen MR) is 84.6 cm³/mol. The summed E-state index contributed by atoms with van der Waals surface area (Å²) in [5.41, 5.74) is 1.06. The van der Waals surface area contributed by atoms with E-state index in [1.165, 1.54) is 0 Å². The summed E-state index contributed by atoms with van der Waals surface area (Å²) in [6.45, 7) is 3.95. The average molecular weight is 289 g/mol. The third-order valence-electron chi connectivity index (χ3n) is 4.22. The monoisotopic (exact) mass is 289 g/mol. The lowest BCUT2D eigenvalue weighted by Gasteiger charge is -2.41. The lowest BCUT2D eigenvalue weighted by atomic mass is 9.88. The van der Waals surface area contributed by atoms with Crippen molar-refractivity contribution in [2.45, 2.75) is 32.2 Å². The fourth-order valence-electron chi connectivity index (χ4n) is 2.70. The minimum absolute atomic E-state index is 0.0234. The van der Waals surface area contributed by atoms with Crippen LogP contribution in [0, 0.1) is 0 Å². The summed E-state index contributed by atoms with van der Waals surface area (Å²) < 4.78 is 0. The highest BCUT2D eigenvalue weighted by Crippen LogP contribution is 2.27. The van der Waals surface area contributed by atoms with E-state index < -0.39 is 5.54 Å². The Labute approximate surface area is 125 Å². The largest absolute Gasteiger partial charge is 0.378 e. The van der Waals surface area contributed by atoms with Gasteiger partial charge in [0, 0.05) is 25.5 Å². The van der Waals surface area contributed by atoms with Crippen LogP contribution in [0.5, 0.6) is 0 Å². The number of rotatable bonds is 4. The topological polar surface area (TPSA) is 52.7 Å². The molecule has 21 heavy (non-hydrogen) atoms. The first-order valence-corrected chi connectivity index (χ1v) is 7.34. The molecule has 1 saturated heterocycles. The second-order valence-corrected chi connectivity index (χ2v) is 5.64. The van der Waals surface area contributed by atoms with E-state index in [1.54, 1.807) is 4.90 Å². The first-order valence-electron chi connectivity index (χ1n) is 7.34. The maximum atomic E-state index is 12.8. The molecule has 1 aliphatic rings. The SMILES string of the molecule is CCC1(CC)NC(=O)CN(c2ccc(N(C)C)cc2)C1=O. The summed E-state index contributed by atoms with van der Waals surface area (Å²) in [5.74, 6) is -0.125. The fraction of sp³-hybridized carbons (Fsp3) is 0.500. The average Bonchev–Trinajstić information content (AvgIpc) is 2.49. The van der Waals surface area contributed by atoms with E-state index in [4.69, 9.17) is 0 Å². The maximum Gasteiger partial charge on any atom is 0.253 e. The number of nitrogens with one attached hydrogen (secondary N) is 1. The number of anilines is 2. The Morgan fingerprint density at radius 1 is 1.14 bits per heavy atom. The van der Waals surface area contributed by atoms with Crippen LogP contribution in [0.4, 0.5) is 11.4 Å². The van der Waals surface area contributed by atoms with E-state index in [0.717, 1.165) is 11.4 Å². The molecule has 2 rings (SSSR count). The van der Waals surface area contributed by atoms with Crippen molar-refractivity contribution < 1.29 is 9.59 Å². The van der Waals surface area contributed by atoms with Crippen molar-refractivity contribution in [1.82, 2.24) is 5.32 Å². The molecule has 0 aliphatic carbocycles. The Kier molecular flexibility index (Phi) is 4.21. The summed E-state index contributed by atoms with van der Waals surface area (Å²) in [6.07, 6.45) is 1.20. The Morgan fingerprint density at radius 3 is 2.19 bits per heavy atom. The Balaban J connectivity index is 2.33. The van der Waals surface area contributed by atoms with Gasteiger partial charge in [-0.2, -0.15) is 0 Å². The Bertz CT molecular complexity index is 533. The summed E-state index contributed by atoms with van der Waals surface area (Å²) >= 11 is 0. The van der Waals surface area contributed by atoms with Crippen molar-refractivity contribution in [2.24, 2.45) is 0 Å². The highest BCUT2D eigenvalue weighted by atomic mass is 16.2. The number of hydrogen-bond donors (Lipinski definition) is 1. The molecule has 1 N–H and O–H groups in total. The van der Waals surface area contributed by atoms with Gasteiger partial charge >= 0.3 is 0 Å². The van der Waals surface area contributed by atoms with E-state index in [-0.39, 0.29) is 18.4 Å². The van der Waals surface area contributed by atoms with Crippen molar-refractivity contribution in [2.75, 3.05) is 30.4 Å². The van der Waals surface area contributed by atoms with E-state index in [9.17, 15) is 9.59 Å². The number of carbonyl (C=O) groups is 2. The number of hydrogen-bond acceptors (Lipinski definition) is 3. The molecule has 0 spiro atoms. The van der Waals surface area contributed by atoms with Gasteiger partial charge in [-0.3, -0.25) is 9.59 Å². The van der Waals surface area contributed by atoms with Crippen LogP contribution in [0.15, 0.2) is 24.3 Å². The number of piperazine rings is 1. The van der Waals surface area contributed by atoms with Crippen LogP contribution in [0.25, 0.3) is 0 Å². The quantitative estimate of drug-likeness (QED) is 0.919. The highest BCUT2D eigenvalue weighted by Gasteiger charge is 2.44. The third kappa shape index (κ3) is 2.73. The van der Waals surface area contributed by atoms with Crippen LogP contribution in [-0.2, 0) is 9.59 Å². The summed E-state index contributed by atoms with van der Waals surface area (Å²) in [7, 11) is 3.93. The zero-order valence-corrected chi connectivity index (χ0v) is 13.1. The van der Waals surface area contributed by atoms with Crippen LogP contribution >= 0.6 is 0 Å². The Hall–Kier alpha value is -2.04. The van der Waals surface area contributed by atoms with Crippen molar-refractivity contribution in [3.05, 3.63) is 24.3 Å². The minimum atomic E-state index is -0.768. The van der Waals surface area contributed by atoms with Crippen molar-refractivity contribution >= 4 is 23.2 Å². The lowest BCUT2D eigenvalue weighted by Crippen LogP contribution is -2.66. The molecular formula is C16H23N3O2. The first-order chi connectivity index (χ1) is 9.93. The molecule has 1 aromatic carbocycles. The van der Waals surface area contributed by atoms with Gasteiger partial charge in [0.05, 0.1) is 0 Å². The van der Waals surface area contributed by atoms with Gasteiger partial charge in [-0.25, -0.2) is 0 Å². The summed E-state index contributed by atoms with van der Waals surface area (Å²) in [4.78, 5) is 28.3. The van der Waals surface area contributed by atoms with Crippen LogP contribution < -0.4 is 15.1 Å². The summed E-state index contributed by atoms with van der Waals surface area (Å²) in [5, 5.41) is 2.87. The number of benzene rings is 1. The molecular weight excluding hydrogens is 266 g/mol. The molecule has 1 fully saturated rings. The first kappa shape index (κ1) is 15.4. The second kappa shape index (κ2) is 5.76. The van der Waals surface area contributed by atoms with Gasteiger partial charge in [-0.05, 0) is 37.1 Å². The van der Waals surface area contributed by atoms with Crippen molar-refractivity contribution in [3.63, 3.8) is 0 Å². The van der Waals surface area contributed by atoms with Gasteiger partial charge in [0.15, 0.2) is 0 Å². The molecule has 5 nitrogen and oxygen atoms in total. The molecule has 0 atom stereocenters. The fourth-order valence-corrected chi connectivity index (χ4v) is 2.70. The molecule has 2 amide bonds. The van der Waals surface area contributed by atoms with E-state index >= 15 is 0 Å². The van der Waals surface area contributed by atoms with Crippen LogP contribution in [-0.4, -0.2) is 38.0 Å². The number of nitrogens with zero attached hydrogens (tertiary/aromatic N) is 2. The standard InChI is InChI=1S/C16H23N3O2/c1-5-16(6-2)15(21)19(11-14(20)17-16)13-9-7-12(8-10-13)18(3)4/h7-10H,5-6,11H2,1-4H3,(H,17,20). The molecule has 1 aromatic rings. The molecule has 0 radical (unpaired) electrons. The molecule has 1 aliphatic heterocycles. The van der Waals surface area contributed by atoms with Gasteiger partial charge in [-0.1, -0.05) is 13.8 Å². The number of carbonyl (C=O) groups excluding carboxylic acids is 2. The van der Waals surface area contributed by atoms with Crippen LogP contribution in [0.3, 0.4) is 0 Å². The molecule has 5 heteroatoms. The van der Waals surface area contributed by atoms with Crippen LogP contribution in [0.1, 0.15) is 26.7 Å². The third-order valence-corrected chi connectivity index (χ3v) is 4.22. The second-order valence-electron chi connectivity index (χ2n) is 5.64. The molecule has 1 heterocycles. The number of amides is 2. The van der Waals surface area contributed by atoms with Crippen molar-refractivity contribution in [1.29, 1.82) is 0 Å². The van der Waals surface area contributed by atoms with Gasteiger partial charge in [0.1, 0.15) is 12.1 Å². The molecule has 0 saturated carbocycles. The lowest BCUT2D eigenvalue weighted by molar-refractivity contribution is -0.136. The highest BCUT2D eigenvalue weighted by molar-refractivity contribution is 6.09. The van der Waals surface area contributed by atoms with Gasteiger partial charge in [-0.15, -0.1) is 0 Å². The summed E-state index contributed by atoms with van der Waals surface area (Å²) in [6, 6.07) is 7.69. The Morgan fingerprint density at radius 2 is 1.71 bits per heavy atom. The molecule has 0 bridgehead atoms. The normalized spacial score (nSPS) is 17.6. The van der Waals surface area contributed by atoms with E-state index in [0.29, 0.717) is 12.8 Å². The predicted octanol–water partition coefficient (Wildman–Crippen LogP) is 1.77. The van der Waals surface area contributed by atoms with Gasteiger partial charge in [0.2, 0.25) is 5.91 Å². The molecule has 0 unspecified atom stereocenters. The molecule has 0 aromatic heterocycles. The van der Waals surface area contributed by atoms with Crippen LogP contribution in [0.2, 0.25) is 0 Å². The van der Waals surface area contributed by atoms with Crippen molar-refractivity contribution in [3.8, 4) is 0 Å². The minimum Gasteiger partial charge on any atom is -0.378 e. The van der Waals surface area contributed by atoms with E-state index in [2.05, 4.69) is 5.32 Å². The zero-order valence-electron chi connectivity index (χ0n) is 13.1. The zero-order chi connectivity index (χ0) is 15.6. The van der Waals surface area contributed by atoms with Gasteiger partial charge < -0.3 is 15.1 Å². The maximum absolute atomic E-state index is 12.8. The molecule has 114 valence electrons. The smallest absolute Gasteiger partial charge is 0.253 e.